The van der Waals surface area contributed by atoms with Crippen molar-refractivity contribution in [3.05, 3.63) is 51.6 Å². The van der Waals surface area contributed by atoms with Gasteiger partial charge in [-0.1, -0.05) is 17.7 Å². The number of aromatic amines is 1. The molecule has 1 aromatic heterocycles. The van der Waals surface area contributed by atoms with Crippen molar-refractivity contribution in [2.75, 3.05) is 0 Å². The zero-order valence-electron chi connectivity index (χ0n) is 11.7. The van der Waals surface area contributed by atoms with Crippen molar-refractivity contribution in [3.63, 3.8) is 0 Å². The highest BCUT2D eigenvalue weighted by atomic mass is 35.5. The third-order valence-electron chi connectivity index (χ3n) is 3.63. The second-order valence-corrected chi connectivity index (χ2v) is 5.48. The number of aromatic nitrogens is 2. The number of nitrogens with zero attached hydrogens (tertiary/aromatic N) is 2. The Kier molecular flexibility index (Phi) is 4.20. The third-order valence-corrected chi connectivity index (χ3v) is 3.96. The number of hydrogen-bond donors (Lipinski definition) is 2. The summed E-state index contributed by atoms with van der Waals surface area (Å²) in [7, 11) is 0. The summed E-state index contributed by atoms with van der Waals surface area (Å²) in [6.07, 6.45) is 5.07. The summed E-state index contributed by atoms with van der Waals surface area (Å²) in [5.74, 6) is -0.911. The van der Waals surface area contributed by atoms with Gasteiger partial charge in [-0.2, -0.15) is 10.2 Å². The van der Waals surface area contributed by atoms with E-state index in [4.69, 9.17) is 11.6 Å². The monoisotopic (exact) mass is 320 g/mol. The van der Waals surface area contributed by atoms with Crippen LogP contribution < -0.4 is 5.43 Å². The number of aryl methyl sites for hydroxylation is 1. The second kappa shape index (κ2) is 6.27. The van der Waals surface area contributed by atoms with E-state index >= 15 is 0 Å². The van der Waals surface area contributed by atoms with Crippen molar-refractivity contribution in [2.24, 2.45) is 5.10 Å². The highest BCUT2D eigenvalue weighted by molar-refractivity contribution is 6.33. The van der Waals surface area contributed by atoms with Crippen LogP contribution in [0.2, 0.25) is 5.02 Å². The van der Waals surface area contributed by atoms with Gasteiger partial charge < -0.3 is 0 Å². The molecule has 0 unspecified atom stereocenters. The highest BCUT2D eigenvalue weighted by Gasteiger charge is 2.21. The molecule has 7 heteroatoms. The number of fused-ring (bicyclic) bond motifs is 1. The Labute approximate surface area is 131 Å². The highest BCUT2D eigenvalue weighted by Crippen LogP contribution is 2.22. The van der Waals surface area contributed by atoms with Crippen LogP contribution in [0.5, 0.6) is 0 Å². The fourth-order valence-electron chi connectivity index (χ4n) is 2.51. The first kappa shape index (κ1) is 14.7. The lowest BCUT2D eigenvalue weighted by Gasteiger charge is -2.10. The molecule has 5 nitrogen and oxygen atoms in total. The second-order valence-electron chi connectivity index (χ2n) is 5.07. The first-order valence-electron chi connectivity index (χ1n) is 7.00. The van der Waals surface area contributed by atoms with E-state index in [0.29, 0.717) is 5.69 Å². The largest absolute Gasteiger partial charge is 0.292 e. The number of carbonyl (C=O) groups is 1. The Morgan fingerprint density at radius 3 is 3.05 bits per heavy atom. The van der Waals surface area contributed by atoms with Gasteiger partial charge in [-0.05, 0) is 37.8 Å². The number of hydrogen-bond acceptors (Lipinski definition) is 3. The zero-order valence-corrected chi connectivity index (χ0v) is 12.5. The number of H-pyrrole nitrogens is 1. The topological polar surface area (TPSA) is 70.1 Å². The van der Waals surface area contributed by atoms with Crippen LogP contribution in [-0.4, -0.2) is 22.3 Å². The van der Waals surface area contributed by atoms with E-state index in [1.54, 1.807) is 6.07 Å². The molecule has 1 aliphatic carbocycles. The molecule has 1 amide bonds. The molecule has 0 aliphatic heterocycles. The molecular weight excluding hydrogens is 307 g/mol. The molecular formula is C15H14ClFN4O. The number of benzene rings is 1. The van der Waals surface area contributed by atoms with E-state index in [1.165, 1.54) is 18.3 Å². The van der Waals surface area contributed by atoms with Crippen molar-refractivity contribution in [1.29, 1.82) is 0 Å². The Balaban J connectivity index is 1.73. The molecule has 0 saturated carbocycles. The molecule has 2 aromatic rings. The maximum absolute atomic E-state index is 13.6. The molecule has 0 spiro atoms. The van der Waals surface area contributed by atoms with Crippen LogP contribution >= 0.6 is 11.6 Å². The van der Waals surface area contributed by atoms with Gasteiger partial charge in [0.25, 0.3) is 5.91 Å². The maximum Gasteiger partial charge on any atom is 0.292 e. The Morgan fingerprint density at radius 2 is 2.23 bits per heavy atom. The minimum atomic E-state index is -0.498. The van der Waals surface area contributed by atoms with Crippen LogP contribution in [0.15, 0.2) is 23.3 Å². The molecule has 0 saturated heterocycles. The number of halogens is 2. The summed E-state index contributed by atoms with van der Waals surface area (Å²) in [6.45, 7) is 0. The van der Waals surface area contributed by atoms with Gasteiger partial charge in [-0.15, -0.1) is 0 Å². The van der Waals surface area contributed by atoms with Gasteiger partial charge in [0, 0.05) is 16.8 Å². The van der Waals surface area contributed by atoms with E-state index < -0.39 is 11.7 Å². The number of nitrogens with one attached hydrogen (secondary N) is 2. The number of amides is 1. The molecule has 22 heavy (non-hydrogen) atoms. The molecule has 3 rings (SSSR count). The maximum atomic E-state index is 13.6. The fraction of sp³-hybridized carbons (Fsp3) is 0.267. The summed E-state index contributed by atoms with van der Waals surface area (Å²) in [5, 5.41) is 10.9. The van der Waals surface area contributed by atoms with Crippen molar-refractivity contribution in [2.45, 2.75) is 25.7 Å². The Bertz CT molecular complexity index is 721. The quantitative estimate of drug-likeness (QED) is 0.674. The predicted octanol–water partition coefficient (Wildman–Crippen LogP) is 2.84. The molecule has 0 atom stereocenters. The summed E-state index contributed by atoms with van der Waals surface area (Å²) >= 11 is 5.88. The van der Waals surface area contributed by atoms with Crippen LogP contribution in [0.25, 0.3) is 0 Å². The van der Waals surface area contributed by atoms with Gasteiger partial charge in [-0.25, -0.2) is 9.82 Å². The van der Waals surface area contributed by atoms with Crippen molar-refractivity contribution < 1.29 is 9.18 Å². The molecule has 114 valence electrons. The Morgan fingerprint density at radius 1 is 1.41 bits per heavy atom. The van der Waals surface area contributed by atoms with Crippen LogP contribution in [0.1, 0.15) is 40.2 Å². The number of carbonyl (C=O) groups excluding carboxylic acids is 1. The normalized spacial score (nSPS) is 14.1. The average Bonchev–Trinajstić information content (AvgIpc) is 2.94. The molecule has 0 fully saturated rings. The summed E-state index contributed by atoms with van der Waals surface area (Å²) in [6, 6.07) is 4.33. The van der Waals surface area contributed by atoms with Gasteiger partial charge in [0.1, 0.15) is 5.82 Å². The van der Waals surface area contributed by atoms with Crippen molar-refractivity contribution in [3.8, 4) is 0 Å². The van der Waals surface area contributed by atoms with Gasteiger partial charge in [0.2, 0.25) is 0 Å². The van der Waals surface area contributed by atoms with Crippen LogP contribution in [0.3, 0.4) is 0 Å². The van der Waals surface area contributed by atoms with Gasteiger partial charge in [0.05, 0.1) is 11.2 Å². The SMILES string of the molecule is O=C(NN=Cc1c(F)cccc1Cl)c1n[nH]c2c1CCCC2. The lowest BCUT2D eigenvalue weighted by Crippen LogP contribution is -2.20. The number of rotatable bonds is 3. The average molecular weight is 321 g/mol. The van der Waals surface area contributed by atoms with E-state index in [0.717, 1.165) is 36.9 Å². The number of hydrazone groups is 1. The molecule has 1 aromatic carbocycles. The van der Waals surface area contributed by atoms with E-state index in [1.807, 2.05) is 0 Å². The molecule has 1 heterocycles. The van der Waals surface area contributed by atoms with Gasteiger partial charge >= 0.3 is 0 Å². The Hall–Kier alpha value is -2.21. The summed E-state index contributed by atoms with van der Waals surface area (Å²) in [5.41, 5.74) is 4.81. The minimum absolute atomic E-state index is 0.133. The first-order chi connectivity index (χ1) is 10.7. The molecule has 0 bridgehead atoms. The lowest BCUT2D eigenvalue weighted by molar-refractivity contribution is 0.0949. The standard InChI is InChI=1S/C15H14ClFN4O/c16-11-5-3-6-12(17)10(11)8-18-21-15(22)14-9-4-1-2-7-13(9)19-20-14/h3,5-6,8H,1-2,4,7H2,(H,19,20)(H,21,22). The van der Waals surface area contributed by atoms with Crippen molar-refractivity contribution in [1.82, 2.24) is 15.6 Å². The summed E-state index contributed by atoms with van der Waals surface area (Å²) in [4.78, 5) is 12.1. The smallest absolute Gasteiger partial charge is 0.281 e. The van der Waals surface area contributed by atoms with Crippen molar-refractivity contribution >= 4 is 23.7 Å². The van der Waals surface area contributed by atoms with E-state index in [-0.39, 0.29) is 10.6 Å². The third kappa shape index (κ3) is 2.87. The molecule has 1 aliphatic rings. The zero-order chi connectivity index (χ0) is 15.5. The minimum Gasteiger partial charge on any atom is -0.281 e. The van der Waals surface area contributed by atoms with Crippen LogP contribution in [-0.2, 0) is 12.8 Å². The van der Waals surface area contributed by atoms with Gasteiger partial charge in [-0.3, -0.25) is 9.89 Å². The van der Waals surface area contributed by atoms with Crippen LogP contribution in [0.4, 0.5) is 4.39 Å². The predicted molar refractivity (Wildman–Crippen MR) is 81.7 cm³/mol. The van der Waals surface area contributed by atoms with Gasteiger partial charge in [0.15, 0.2) is 5.69 Å². The fourth-order valence-corrected chi connectivity index (χ4v) is 2.72. The molecule has 0 radical (unpaired) electrons. The first-order valence-corrected chi connectivity index (χ1v) is 7.38. The van der Waals surface area contributed by atoms with E-state index in [2.05, 4.69) is 20.7 Å². The summed E-state index contributed by atoms with van der Waals surface area (Å²) < 4.78 is 13.6. The van der Waals surface area contributed by atoms with E-state index in [9.17, 15) is 9.18 Å². The van der Waals surface area contributed by atoms with Crippen LogP contribution in [0, 0.1) is 5.82 Å². The molecule has 2 N–H and O–H groups in total. The lowest BCUT2D eigenvalue weighted by atomic mass is 9.96.